The predicted molar refractivity (Wildman–Crippen MR) is 127 cm³/mol. The molecule has 0 fully saturated rings. The van der Waals surface area contributed by atoms with Gasteiger partial charge in [0.1, 0.15) is 17.2 Å². The monoisotopic (exact) mass is 459 g/mol. The highest BCUT2D eigenvalue weighted by molar-refractivity contribution is 7.97. The normalized spacial score (nSPS) is 10.0. The van der Waals surface area contributed by atoms with Crippen molar-refractivity contribution in [1.82, 2.24) is 4.98 Å². The molecule has 0 aliphatic heterocycles. The Labute approximate surface area is 191 Å². The van der Waals surface area contributed by atoms with Crippen LogP contribution in [0.5, 0.6) is 11.5 Å². The molecule has 7 nitrogen and oxygen atoms in total. The first-order chi connectivity index (χ1) is 15.5. The Kier molecular flexibility index (Phi) is 9.75. The van der Waals surface area contributed by atoms with Crippen LogP contribution in [0.2, 0.25) is 0 Å². The van der Waals surface area contributed by atoms with Gasteiger partial charge in [0.05, 0.1) is 24.2 Å². The fourth-order valence-electron chi connectivity index (χ4n) is 2.95. The highest BCUT2D eigenvalue weighted by atomic mass is 32.2. The van der Waals surface area contributed by atoms with E-state index in [-0.39, 0.29) is 22.6 Å². The number of thioether (sulfide) groups is 1. The largest absolute Gasteiger partial charge is 0.493 e. The van der Waals surface area contributed by atoms with Gasteiger partial charge in [0.2, 0.25) is 0 Å². The van der Waals surface area contributed by atoms with Crippen molar-refractivity contribution in [3.05, 3.63) is 76.2 Å². The van der Waals surface area contributed by atoms with Gasteiger partial charge < -0.3 is 14.8 Å². The SMILES string of the molecule is CCOc1cc(CNc2cccc(-c3ncccc3F)c2[N+](=O)[O-])ccc1OC.CSC. The van der Waals surface area contributed by atoms with Crippen molar-refractivity contribution in [3.8, 4) is 22.8 Å². The third-order valence-electron chi connectivity index (χ3n) is 4.24. The number of hydrogen-bond acceptors (Lipinski definition) is 7. The van der Waals surface area contributed by atoms with Gasteiger partial charge in [0.15, 0.2) is 11.5 Å². The van der Waals surface area contributed by atoms with E-state index in [9.17, 15) is 14.5 Å². The molecule has 0 aliphatic carbocycles. The molecule has 0 radical (unpaired) electrons. The number of nitro benzene ring substituents is 1. The van der Waals surface area contributed by atoms with Gasteiger partial charge in [-0.1, -0.05) is 12.1 Å². The van der Waals surface area contributed by atoms with Crippen LogP contribution in [-0.2, 0) is 6.54 Å². The summed E-state index contributed by atoms with van der Waals surface area (Å²) in [6.45, 7) is 2.66. The minimum atomic E-state index is -0.621. The molecule has 1 aromatic heterocycles. The fraction of sp³-hybridized carbons (Fsp3) is 0.261. The average molecular weight is 460 g/mol. The molecule has 9 heteroatoms. The number of nitrogens with one attached hydrogen (secondary N) is 1. The molecule has 0 aliphatic rings. The van der Waals surface area contributed by atoms with Crippen molar-refractivity contribution < 1.29 is 18.8 Å². The van der Waals surface area contributed by atoms with Crippen molar-refractivity contribution >= 4 is 23.1 Å². The van der Waals surface area contributed by atoms with E-state index in [1.54, 1.807) is 37.1 Å². The van der Waals surface area contributed by atoms with E-state index in [1.165, 1.54) is 24.4 Å². The lowest BCUT2D eigenvalue weighted by atomic mass is 10.1. The maximum absolute atomic E-state index is 14.2. The standard InChI is InChI=1S/C21H20FN3O4.C2H6S/c1-3-29-19-12-14(9-10-18(19)28-2)13-24-17-8-4-6-15(21(17)25(26)27)20-16(22)7-5-11-23-20;1-3-2/h4-12,24H,3,13H2,1-2H3;1-2H3. The van der Waals surface area contributed by atoms with E-state index >= 15 is 0 Å². The zero-order chi connectivity index (χ0) is 23.5. The number of halogens is 1. The summed E-state index contributed by atoms with van der Waals surface area (Å²) in [4.78, 5) is 15.2. The summed E-state index contributed by atoms with van der Waals surface area (Å²) < 4.78 is 25.0. The summed E-state index contributed by atoms with van der Waals surface area (Å²) in [7, 11) is 1.56. The molecule has 0 atom stereocenters. The Morgan fingerprint density at radius 2 is 1.91 bits per heavy atom. The van der Waals surface area contributed by atoms with Crippen molar-refractivity contribution in [2.75, 3.05) is 31.5 Å². The Bertz CT molecular complexity index is 1050. The summed E-state index contributed by atoms with van der Waals surface area (Å²) in [5.74, 6) is 0.576. The zero-order valence-corrected chi connectivity index (χ0v) is 19.2. The molecule has 0 saturated heterocycles. The Hall–Kier alpha value is -3.33. The number of nitro groups is 1. The topological polar surface area (TPSA) is 86.5 Å². The maximum Gasteiger partial charge on any atom is 0.301 e. The van der Waals surface area contributed by atoms with Crippen molar-refractivity contribution in [2.24, 2.45) is 0 Å². The van der Waals surface area contributed by atoms with Gasteiger partial charge >= 0.3 is 5.69 Å². The summed E-state index contributed by atoms with van der Waals surface area (Å²) in [6.07, 6.45) is 5.48. The number of para-hydroxylation sites is 1. The van der Waals surface area contributed by atoms with E-state index < -0.39 is 10.7 Å². The van der Waals surface area contributed by atoms with Gasteiger partial charge in [0.25, 0.3) is 0 Å². The number of aromatic nitrogens is 1. The second kappa shape index (κ2) is 12.5. The van der Waals surface area contributed by atoms with Crippen LogP contribution in [-0.4, -0.2) is 36.1 Å². The van der Waals surface area contributed by atoms with E-state index in [0.29, 0.717) is 24.7 Å². The zero-order valence-electron chi connectivity index (χ0n) is 18.4. The summed E-state index contributed by atoms with van der Waals surface area (Å²) >= 11 is 1.75. The Balaban J connectivity index is 0.00000114. The third kappa shape index (κ3) is 6.34. The molecule has 0 spiro atoms. The number of hydrogen-bond donors (Lipinski definition) is 1. The lowest BCUT2D eigenvalue weighted by molar-refractivity contribution is -0.383. The van der Waals surface area contributed by atoms with Crippen LogP contribution < -0.4 is 14.8 Å². The summed E-state index contributed by atoms with van der Waals surface area (Å²) in [5, 5.41) is 14.8. The van der Waals surface area contributed by atoms with Crippen LogP contribution in [0.15, 0.2) is 54.7 Å². The van der Waals surface area contributed by atoms with Gasteiger partial charge in [0, 0.05) is 12.7 Å². The second-order valence-corrected chi connectivity index (χ2v) is 7.29. The molecule has 1 heterocycles. The highest BCUT2D eigenvalue weighted by Gasteiger charge is 2.23. The molecule has 0 unspecified atom stereocenters. The van der Waals surface area contributed by atoms with Crippen LogP contribution in [0, 0.1) is 15.9 Å². The third-order valence-corrected chi connectivity index (χ3v) is 4.24. The van der Waals surface area contributed by atoms with Crippen LogP contribution >= 0.6 is 11.8 Å². The Morgan fingerprint density at radius 3 is 2.53 bits per heavy atom. The van der Waals surface area contributed by atoms with Gasteiger partial charge in [-0.15, -0.1) is 0 Å². The van der Waals surface area contributed by atoms with E-state index in [0.717, 1.165) is 5.56 Å². The number of benzene rings is 2. The summed E-state index contributed by atoms with van der Waals surface area (Å²) in [6, 6.07) is 12.8. The molecule has 3 aromatic rings. The number of pyridine rings is 1. The van der Waals surface area contributed by atoms with E-state index in [2.05, 4.69) is 10.3 Å². The number of rotatable bonds is 8. The minimum Gasteiger partial charge on any atom is -0.493 e. The minimum absolute atomic E-state index is 0.0640. The molecular weight excluding hydrogens is 433 g/mol. The smallest absolute Gasteiger partial charge is 0.301 e. The number of methoxy groups -OCH3 is 1. The highest BCUT2D eigenvalue weighted by Crippen LogP contribution is 2.36. The average Bonchev–Trinajstić information content (AvgIpc) is 2.78. The molecule has 1 N–H and O–H groups in total. The number of ether oxygens (including phenoxy) is 2. The molecular formula is C23H26FN3O4S. The molecule has 0 amide bonds. The van der Waals surface area contributed by atoms with Crippen molar-refractivity contribution in [3.63, 3.8) is 0 Å². The van der Waals surface area contributed by atoms with Crippen LogP contribution in [0.3, 0.4) is 0 Å². The number of anilines is 1. The second-order valence-electron chi connectivity index (χ2n) is 6.47. The van der Waals surface area contributed by atoms with Crippen molar-refractivity contribution in [1.29, 1.82) is 0 Å². The number of nitrogens with zero attached hydrogens (tertiary/aromatic N) is 2. The van der Waals surface area contributed by atoms with Gasteiger partial charge in [-0.2, -0.15) is 11.8 Å². The van der Waals surface area contributed by atoms with Gasteiger partial charge in [-0.05, 0) is 61.4 Å². The molecule has 32 heavy (non-hydrogen) atoms. The quantitative estimate of drug-likeness (QED) is 0.337. The van der Waals surface area contributed by atoms with Crippen LogP contribution in [0.25, 0.3) is 11.3 Å². The molecule has 0 bridgehead atoms. The molecule has 3 rings (SSSR count). The predicted octanol–water partition coefficient (Wildman–Crippen LogP) is 5.79. The molecule has 0 saturated carbocycles. The lowest BCUT2D eigenvalue weighted by Crippen LogP contribution is -2.05. The summed E-state index contributed by atoms with van der Waals surface area (Å²) in [5.41, 5.74) is 0.932. The van der Waals surface area contributed by atoms with Gasteiger partial charge in [-0.25, -0.2) is 4.39 Å². The van der Waals surface area contributed by atoms with Gasteiger partial charge in [-0.3, -0.25) is 15.1 Å². The maximum atomic E-state index is 14.2. The first kappa shape index (κ1) is 24.9. The fourth-order valence-corrected chi connectivity index (χ4v) is 2.95. The van der Waals surface area contributed by atoms with E-state index in [1.807, 2.05) is 31.6 Å². The lowest BCUT2D eigenvalue weighted by Gasteiger charge is -2.13. The Morgan fingerprint density at radius 1 is 1.16 bits per heavy atom. The van der Waals surface area contributed by atoms with Crippen LogP contribution in [0.4, 0.5) is 15.8 Å². The van der Waals surface area contributed by atoms with Crippen molar-refractivity contribution in [2.45, 2.75) is 13.5 Å². The van der Waals surface area contributed by atoms with E-state index in [4.69, 9.17) is 9.47 Å². The molecule has 2 aromatic carbocycles. The van der Waals surface area contributed by atoms with Crippen LogP contribution in [0.1, 0.15) is 12.5 Å². The first-order valence-electron chi connectivity index (χ1n) is 9.78. The molecule has 170 valence electrons. The first-order valence-corrected chi connectivity index (χ1v) is 11.4.